The van der Waals surface area contributed by atoms with Crippen molar-refractivity contribution in [1.82, 2.24) is 15.1 Å². The third-order valence-electron chi connectivity index (χ3n) is 3.95. The lowest BCUT2D eigenvalue weighted by Gasteiger charge is -2.09. The van der Waals surface area contributed by atoms with Gasteiger partial charge in [-0.25, -0.2) is 9.07 Å². The number of carbonyl (C=O) groups is 1. The van der Waals surface area contributed by atoms with Crippen LogP contribution in [0, 0.1) is 5.82 Å². The van der Waals surface area contributed by atoms with Crippen molar-refractivity contribution >= 4 is 5.91 Å². The van der Waals surface area contributed by atoms with E-state index in [4.69, 9.17) is 4.74 Å². The lowest BCUT2D eigenvalue weighted by Crippen LogP contribution is -2.31. The summed E-state index contributed by atoms with van der Waals surface area (Å²) < 4.78 is 19.4. The number of carbonyl (C=O) groups excluding carboxylic acids is 1. The van der Waals surface area contributed by atoms with E-state index in [1.54, 1.807) is 42.5 Å². The van der Waals surface area contributed by atoms with Crippen LogP contribution in [-0.2, 0) is 6.54 Å². The van der Waals surface area contributed by atoms with Crippen LogP contribution in [0.5, 0.6) is 5.75 Å². The molecule has 7 heteroatoms. The van der Waals surface area contributed by atoms with Crippen molar-refractivity contribution in [3.63, 3.8) is 0 Å². The Morgan fingerprint density at radius 3 is 2.67 bits per heavy atom. The quantitative estimate of drug-likeness (QED) is 0.727. The van der Waals surface area contributed by atoms with Crippen molar-refractivity contribution in [3.8, 4) is 17.0 Å². The molecule has 0 saturated carbocycles. The number of nitrogens with one attached hydrogen (secondary N) is 1. The summed E-state index contributed by atoms with van der Waals surface area (Å²) in [6.45, 7) is 0.444. The lowest BCUT2D eigenvalue weighted by atomic mass is 10.1. The molecule has 0 spiro atoms. The van der Waals surface area contributed by atoms with E-state index < -0.39 is 0 Å². The molecule has 0 radical (unpaired) electrons. The van der Waals surface area contributed by atoms with Gasteiger partial charge in [-0.2, -0.15) is 5.10 Å². The van der Waals surface area contributed by atoms with E-state index in [2.05, 4.69) is 10.4 Å². The average molecular weight is 367 g/mol. The van der Waals surface area contributed by atoms with E-state index in [1.807, 2.05) is 0 Å². The van der Waals surface area contributed by atoms with Gasteiger partial charge in [0, 0.05) is 23.7 Å². The van der Waals surface area contributed by atoms with Gasteiger partial charge in [0.1, 0.15) is 11.6 Å². The van der Waals surface area contributed by atoms with Crippen molar-refractivity contribution in [2.45, 2.75) is 6.54 Å². The van der Waals surface area contributed by atoms with Gasteiger partial charge in [-0.1, -0.05) is 6.07 Å². The van der Waals surface area contributed by atoms with Crippen LogP contribution in [0.4, 0.5) is 4.39 Å². The number of benzene rings is 2. The average Bonchev–Trinajstić information content (AvgIpc) is 2.70. The maximum Gasteiger partial charge on any atom is 0.266 e. The molecule has 27 heavy (non-hydrogen) atoms. The van der Waals surface area contributed by atoms with Crippen LogP contribution in [-0.4, -0.2) is 29.3 Å². The van der Waals surface area contributed by atoms with Gasteiger partial charge in [0.25, 0.3) is 11.5 Å². The molecular formula is C20H18FN3O3. The lowest BCUT2D eigenvalue weighted by molar-refractivity contribution is 0.0951. The minimum Gasteiger partial charge on any atom is -0.497 e. The Morgan fingerprint density at radius 2 is 1.93 bits per heavy atom. The van der Waals surface area contributed by atoms with Gasteiger partial charge < -0.3 is 10.1 Å². The van der Waals surface area contributed by atoms with Crippen LogP contribution >= 0.6 is 0 Å². The van der Waals surface area contributed by atoms with Crippen molar-refractivity contribution in [2.75, 3.05) is 13.7 Å². The second-order valence-electron chi connectivity index (χ2n) is 5.77. The Morgan fingerprint density at radius 1 is 1.15 bits per heavy atom. The van der Waals surface area contributed by atoms with Crippen LogP contribution in [0.1, 0.15) is 10.4 Å². The summed E-state index contributed by atoms with van der Waals surface area (Å²) in [5, 5.41) is 7.03. The first-order valence-electron chi connectivity index (χ1n) is 8.33. The van der Waals surface area contributed by atoms with E-state index in [-0.39, 0.29) is 30.4 Å². The molecule has 3 aromatic rings. The number of nitrogens with zero attached hydrogens (tertiary/aromatic N) is 2. The van der Waals surface area contributed by atoms with E-state index in [9.17, 15) is 14.0 Å². The summed E-state index contributed by atoms with van der Waals surface area (Å²) in [5.74, 6) is -0.0171. The van der Waals surface area contributed by atoms with Crippen LogP contribution < -0.4 is 15.6 Å². The topological polar surface area (TPSA) is 73.2 Å². The number of methoxy groups -OCH3 is 1. The van der Waals surface area contributed by atoms with Crippen molar-refractivity contribution in [2.24, 2.45) is 0 Å². The number of halogens is 1. The zero-order valence-electron chi connectivity index (χ0n) is 14.7. The molecule has 0 saturated heterocycles. The highest BCUT2D eigenvalue weighted by atomic mass is 19.1. The third-order valence-corrected chi connectivity index (χ3v) is 3.95. The third kappa shape index (κ3) is 4.58. The molecule has 0 unspecified atom stereocenters. The van der Waals surface area contributed by atoms with Gasteiger partial charge in [-0.05, 0) is 48.5 Å². The van der Waals surface area contributed by atoms with Crippen molar-refractivity contribution in [3.05, 3.63) is 82.4 Å². The molecular weight excluding hydrogens is 349 g/mol. The molecule has 0 bridgehead atoms. The molecule has 1 N–H and O–H groups in total. The second-order valence-corrected chi connectivity index (χ2v) is 5.77. The normalized spacial score (nSPS) is 10.4. The molecule has 0 fully saturated rings. The number of hydrogen-bond donors (Lipinski definition) is 1. The van der Waals surface area contributed by atoms with Crippen molar-refractivity contribution < 1.29 is 13.9 Å². The number of amides is 1. The van der Waals surface area contributed by atoms with Gasteiger partial charge in [-0.15, -0.1) is 0 Å². The van der Waals surface area contributed by atoms with Gasteiger partial charge in [0.05, 0.1) is 19.3 Å². The largest absolute Gasteiger partial charge is 0.497 e. The fourth-order valence-corrected chi connectivity index (χ4v) is 2.53. The number of hydrogen-bond acceptors (Lipinski definition) is 4. The summed E-state index contributed by atoms with van der Waals surface area (Å²) >= 11 is 0. The van der Waals surface area contributed by atoms with Gasteiger partial charge in [0.2, 0.25) is 0 Å². The zero-order chi connectivity index (χ0) is 19.2. The first-order chi connectivity index (χ1) is 13.1. The maximum atomic E-state index is 13.1. The Bertz CT molecular complexity index is 1000. The number of aromatic nitrogens is 2. The number of ether oxygens (including phenoxy) is 1. The van der Waals surface area contributed by atoms with Crippen molar-refractivity contribution in [1.29, 1.82) is 0 Å². The molecule has 6 nitrogen and oxygen atoms in total. The smallest absolute Gasteiger partial charge is 0.266 e. The van der Waals surface area contributed by atoms with E-state index >= 15 is 0 Å². The molecule has 138 valence electrons. The molecule has 0 aliphatic carbocycles. The highest BCUT2D eigenvalue weighted by Gasteiger charge is 2.08. The predicted octanol–water partition coefficient (Wildman–Crippen LogP) is 2.49. The Hall–Kier alpha value is -3.48. The molecule has 1 amide bonds. The summed E-state index contributed by atoms with van der Waals surface area (Å²) in [5.41, 5.74) is 1.44. The minimum absolute atomic E-state index is 0.212. The zero-order valence-corrected chi connectivity index (χ0v) is 14.7. The molecule has 0 aliphatic rings. The van der Waals surface area contributed by atoms with Crippen LogP contribution in [0.25, 0.3) is 11.3 Å². The SMILES string of the molecule is COc1cccc(C(=O)NCCn2nc(-c3ccc(F)cc3)ccc2=O)c1. The standard InChI is InChI=1S/C20H18FN3O3/c1-27-17-4-2-3-15(13-17)20(26)22-11-12-24-19(25)10-9-18(23-24)14-5-7-16(21)8-6-14/h2-10,13H,11-12H2,1H3,(H,22,26). The molecule has 0 atom stereocenters. The summed E-state index contributed by atoms with van der Waals surface area (Å²) in [7, 11) is 1.53. The first-order valence-corrected chi connectivity index (χ1v) is 8.33. The number of rotatable bonds is 6. The fraction of sp³-hybridized carbons (Fsp3) is 0.150. The molecule has 0 aliphatic heterocycles. The van der Waals surface area contributed by atoms with Gasteiger partial charge in [0.15, 0.2) is 0 Å². The fourth-order valence-electron chi connectivity index (χ4n) is 2.53. The van der Waals surface area contributed by atoms with Crippen LogP contribution in [0.15, 0.2) is 65.5 Å². The van der Waals surface area contributed by atoms with Gasteiger partial charge in [-0.3, -0.25) is 9.59 Å². The minimum atomic E-state index is -0.340. The summed E-state index contributed by atoms with van der Waals surface area (Å²) in [6.07, 6.45) is 0. The van der Waals surface area contributed by atoms with E-state index in [1.165, 1.54) is 30.0 Å². The maximum absolute atomic E-state index is 13.1. The van der Waals surface area contributed by atoms with Crippen LogP contribution in [0.3, 0.4) is 0 Å². The molecule has 3 rings (SSSR count). The highest BCUT2D eigenvalue weighted by molar-refractivity contribution is 5.94. The summed E-state index contributed by atoms with van der Waals surface area (Å²) in [4.78, 5) is 24.2. The van der Waals surface area contributed by atoms with Crippen LogP contribution in [0.2, 0.25) is 0 Å². The molecule has 1 heterocycles. The van der Waals surface area contributed by atoms with Gasteiger partial charge >= 0.3 is 0 Å². The Labute approximate surface area is 155 Å². The monoisotopic (exact) mass is 367 g/mol. The summed E-state index contributed by atoms with van der Waals surface area (Å²) in [6, 6.07) is 15.6. The Kier molecular flexibility index (Phi) is 5.61. The Balaban J connectivity index is 1.67. The second kappa shape index (κ2) is 8.27. The molecule has 2 aromatic carbocycles. The predicted molar refractivity (Wildman–Crippen MR) is 99.2 cm³/mol. The first kappa shape index (κ1) is 18.3. The van der Waals surface area contributed by atoms with E-state index in [0.29, 0.717) is 22.6 Å². The molecule has 1 aromatic heterocycles. The highest BCUT2D eigenvalue weighted by Crippen LogP contribution is 2.15. The van der Waals surface area contributed by atoms with E-state index in [0.717, 1.165) is 0 Å².